The predicted molar refractivity (Wildman–Crippen MR) is 89.6 cm³/mol. The number of nitrogens with one attached hydrogen (secondary N) is 1. The van der Waals surface area contributed by atoms with E-state index in [-0.39, 0.29) is 0 Å². The highest BCUT2D eigenvalue weighted by molar-refractivity contribution is 7.15. The van der Waals surface area contributed by atoms with E-state index < -0.39 is 0 Å². The lowest BCUT2D eigenvalue weighted by molar-refractivity contribution is 0.591. The summed E-state index contributed by atoms with van der Waals surface area (Å²) < 4.78 is 0. The molecule has 108 valence electrons. The number of rotatable bonds is 4. The standard InChI is InChI=1S/C17H19N3S/c1-11(2)19-10-16-12(3)20-17(21-16)14-6-7-15-13(9-14)5-4-8-18-15/h4-9,11,19H,10H2,1-3H3. The number of aromatic nitrogens is 2. The van der Waals surface area contributed by atoms with Crippen LogP contribution in [-0.4, -0.2) is 16.0 Å². The first-order valence-corrected chi connectivity index (χ1v) is 8.00. The predicted octanol–water partition coefficient (Wildman–Crippen LogP) is 4.16. The first-order valence-electron chi connectivity index (χ1n) is 7.18. The molecule has 1 aromatic carbocycles. The molecule has 0 bridgehead atoms. The van der Waals surface area contributed by atoms with Crippen LogP contribution in [0.15, 0.2) is 36.5 Å². The smallest absolute Gasteiger partial charge is 0.123 e. The van der Waals surface area contributed by atoms with Crippen LogP contribution in [0.1, 0.15) is 24.4 Å². The van der Waals surface area contributed by atoms with Gasteiger partial charge in [-0.2, -0.15) is 0 Å². The van der Waals surface area contributed by atoms with Crippen LogP contribution in [0.4, 0.5) is 0 Å². The summed E-state index contributed by atoms with van der Waals surface area (Å²) in [4.78, 5) is 10.4. The minimum atomic E-state index is 0.488. The third kappa shape index (κ3) is 3.12. The summed E-state index contributed by atoms with van der Waals surface area (Å²) >= 11 is 1.77. The van der Waals surface area contributed by atoms with E-state index in [1.165, 1.54) is 10.4 Å². The van der Waals surface area contributed by atoms with Crippen molar-refractivity contribution >= 4 is 22.2 Å². The molecule has 0 atom stereocenters. The third-order valence-electron chi connectivity index (χ3n) is 3.41. The van der Waals surface area contributed by atoms with Crippen molar-refractivity contribution in [1.29, 1.82) is 0 Å². The molecule has 0 aliphatic heterocycles. The molecule has 0 unspecified atom stereocenters. The summed E-state index contributed by atoms with van der Waals surface area (Å²) in [7, 11) is 0. The van der Waals surface area contributed by atoms with Gasteiger partial charge in [0.1, 0.15) is 5.01 Å². The molecule has 3 nitrogen and oxygen atoms in total. The maximum atomic E-state index is 4.72. The fourth-order valence-electron chi connectivity index (χ4n) is 2.22. The van der Waals surface area contributed by atoms with Crippen LogP contribution >= 0.6 is 11.3 Å². The van der Waals surface area contributed by atoms with Crippen molar-refractivity contribution in [3.8, 4) is 10.6 Å². The average Bonchev–Trinajstić information content (AvgIpc) is 2.86. The highest BCUT2D eigenvalue weighted by Gasteiger charge is 2.10. The fourth-order valence-corrected chi connectivity index (χ4v) is 3.23. The molecular formula is C17H19N3S. The number of pyridine rings is 1. The van der Waals surface area contributed by atoms with Gasteiger partial charge >= 0.3 is 0 Å². The molecule has 0 aliphatic carbocycles. The Hall–Kier alpha value is -1.78. The van der Waals surface area contributed by atoms with Crippen molar-refractivity contribution in [2.75, 3.05) is 0 Å². The van der Waals surface area contributed by atoms with E-state index in [0.717, 1.165) is 28.1 Å². The van der Waals surface area contributed by atoms with Crippen molar-refractivity contribution in [3.05, 3.63) is 47.1 Å². The van der Waals surface area contributed by atoms with Crippen LogP contribution < -0.4 is 5.32 Å². The molecule has 2 heterocycles. The monoisotopic (exact) mass is 297 g/mol. The zero-order valence-electron chi connectivity index (χ0n) is 12.6. The topological polar surface area (TPSA) is 37.8 Å². The van der Waals surface area contributed by atoms with Crippen LogP contribution in [0.5, 0.6) is 0 Å². The van der Waals surface area contributed by atoms with Gasteiger partial charge in [0, 0.05) is 34.6 Å². The van der Waals surface area contributed by atoms with Crippen molar-refractivity contribution < 1.29 is 0 Å². The van der Waals surface area contributed by atoms with E-state index in [4.69, 9.17) is 4.98 Å². The number of benzene rings is 1. The first kappa shape index (κ1) is 14.2. The molecule has 1 N–H and O–H groups in total. The summed E-state index contributed by atoms with van der Waals surface area (Å²) in [5.74, 6) is 0. The number of aryl methyl sites for hydroxylation is 1. The summed E-state index contributed by atoms with van der Waals surface area (Å²) in [6.45, 7) is 7.29. The fraction of sp³-hybridized carbons (Fsp3) is 0.294. The molecule has 4 heteroatoms. The van der Waals surface area contributed by atoms with Crippen molar-refractivity contribution in [2.45, 2.75) is 33.4 Å². The molecule has 0 radical (unpaired) electrons. The highest BCUT2D eigenvalue weighted by atomic mass is 32.1. The van der Waals surface area contributed by atoms with Crippen molar-refractivity contribution in [3.63, 3.8) is 0 Å². The zero-order chi connectivity index (χ0) is 14.8. The number of fused-ring (bicyclic) bond motifs is 1. The second-order valence-electron chi connectivity index (χ2n) is 5.47. The third-order valence-corrected chi connectivity index (χ3v) is 4.62. The van der Waals surface area contributed by atoms with Gasteiger partial charge in [0.2, 0.25) is 0 Å². The molecule has 0 saturated heterocycles. The average molecular weight is 297 g/mol. The molecule has 0 aliphatic rings. The van der Waals surface area contributed by atoms with Gasteiger partial charge in [0.25, 0.3) is 0 Å². The Morgan fingerprint density at radius 1 is 1.24 bits per heavy atom. The van der Waals surface area contributed by atoms with Crippen LogP contribution in [-0.2, 0) is 6.54 Å². The summed E-state index contributed by atoms with van der Waals surface area (Å²) in [6.07, 6.45) is 1.82. The van der Waals surface area contributed by atoms with Crippen LogP contribution in [0.25, 0.3) is 21.5 Å². The second-order valence-corrected chi connectivity index (χ2v) is 6.56. The number of hydrogen-bond acceptors (Lipinski definition) is 4. The van der Waals surface area contributed by atoms with Gasteiger partial charge in [-0.05, 0) is 31.2 Å². The lowest BCUT2D eigenvalue weighted by Gasteiger charge is -2.05. The Balaban J connectivity index is 1.93. The lowest BCUT2D eigenvalue weighted by Crippen LogP contribution is -2.21. The molecule has 3 aromatic rings. The lowest BCUT2D eigenvalue weighted by atomic mass is 10.1. The minimum Gasteiger partial charge on any atom is -0.310 e. The maximum absolute atomic E-state index is 4.72. The Kier molecular flexibility index (Phi) is 3.99. The van der Waals surface area contributed by atoms with E-state index in [1.54, 1.807) is 11.3 Å². The van der Waals surface area contributed by atoms with E-state index in [1.807, 2.05) is 12.3 Å². The normalized spacial score (nSPS) is 11.4. The molecule has 21 heavy (non-hydrogen) atoms. The van der Waals surface area contributed by atoms with Crippen LogP contribution in [0.2, 0.25) is 0 Å². The van der Waals surface area contributed by atoms with Gasteiger partial charge in [0.15, 0.2) is 0 Å². The number of thiazole rings is 1. The molecule has 2 aromatic heterocycles. The Bertz CT molecular complexity index is 762. The van der Waals surface area contributed by atoms with Gasteiger partial charge in [-0.15, -0.1) is 11.3 Å². The minimum absolute atomic E-state index is 0.488. The van der Waals surface area contributed by atoms with Crippen LogP contribution in [0, 0.1) is 6.92 Å². The highest BCUT2D eigenvalue weighted by Crippen LogP contribution is 2.29. The van der Waals surface area contributed by atoms with Crippen molar-refractivity contribution in [2.24, 2.45) is 0 Å². The SMILES string of the molecule is Cc1nc(-c2ccc3ncccc3c2)sc1CNC(C)C. The van der Waals surface area contributed by atoms with E-state index in [9.17, 15) is 0 Å². The van der Waals surface area contributed by atoms with E-state index in [2.05, 4.69) is 55.3 Å². The molecule has 0 amide bonds. The summed E-state index contributed by atoms with van der Waals surface area (Å²) in [5, 5.41) is 5.70. The second kappa shape index (κ2) is 5.92. The summed E-state index contributed by atoms with van der Waals surface area (Å²) in [6, 6.07) is 10.9. The van der Waals surface area contributed by atoms with Gasteiger partial charge in [-0.25, -0.2) is 4.98 Å². The molecule has 3 rings (SSSR count). The summed E-state index contributed by atoms with van der Waals surface area (Å²) in [5.41, 5.74) is 3.31. The van der Waals surface area contributed by atoms with Gasteiger partial charge < -0.3 is 5.32 Å². The van der Waals surface area contributed by atoms with E-state index in [0.29, 0.717) is 6.04 Å². The quantitative estimate of drug-likeness (QED) is 0.785. The van der Waals surface area contributed by atoms with Crippen LogP contribution in [0.3, 0.4) is 0 Å². The zero-order valence-corrected chi connectivity index (χ0v) is 13.4. The largest absolute Gasteiger partial charge is 0.310 e. The molecule has 0 fully saturated rings. The van der Waals surface area contributed by atoms with Gasteiger partial charge in [0.05, 0.1) is 11.2 Å². The van der Waals surface area contributed by atoms with E-state index >= 15 is 0 Å². The van der Waals surface area contributed by atoms with Gasteiger partial charge in [-0.1, -0.05) is 19.9 Å². The molecular weight excluding hydrogens is 278 g/mol. The molecule has 0 spiro atoms. The number of nitrogens with zero attached hydrogens (tertiary/aromatic N) is 2. The van der Waals surface area contributed by atoms with Crippen molar-refractivity contribution in [1.82, 2.24) is 15.3 Å². The Morgan fingerprint density at radius 2 is 2.10 bits per heavy atom. The Labute approximate surface area is 129 Å². The Morgan fingerprint density at radius 3 is 2.90 bits per heavy atom. The molecule has 0 saturated carbocycles. The van der Waals surface area contributed by atoms with Gasteiger partial charge in [-0.3, -0.25) is 4.98 Å². The number of hydrogen-bond donors (Lipinski definition) is 1. The maximum Gasteiger partial charge on any atom is 0.123 e. The first-order chi connectivity index (χ1) is 10.1.